The minimum atomic E-state index is -0.481. The number of ketones is 1. The van der Waals surface area contributed by atoms with Crippen LogP contribution in [0.1, 0.15) is 56.3 Å². The Labute approximate surface area is 202 Å². The Bertz CT molecular complexity index is 1470. The van der Waals surface area contributed by atoms with Gasteiger partial charge in [-0.25, -0.2) is 4.99 Å². The molecule has 0 bridgehead atoms. The summed E-state index contributed by atoms with van der Waals surface area (Å²) in [5, 5.41) is 0. The molecule has 5 rings (SSSR count). The maximum absolute atomic E-state index is 13.7. The third-order valence-electron chi connectivity index (χ3n) is 6.61. The summed E-state index contributed by atoms with van der Waals surface area (Å²) in [5.74, 6) is 0.803. The molecule has 0 N–H and O–H groups in total. The van der Waals surface area contributed by atoms with Crippen LogP contribution in [0.3, 0.4) is 0 Å². The number of carbonyl (C=O) groups excluding carboxylic acids is 1. The molecular formula is C28H28N2O3S. The van der Waals surface area contributed by atoms with Crippen LogP contribution in [0.25, 0.3) is 6.08 Å². The van der Waals surface area contributed by atoms with Crippen LogP contribution in [0.4, 0.5) is 0 Å². The van der Waals surface area contributed by atoms with Gasteiger partial charge in [-0.1, -0.05) is 68.5 Å². The zero-order valence-electron chi connectivity index (χ0n) is 19.9. The van der Waals surface area contributed by atoms with E-state index in [1.165, 1.54) is 16.9 Å². The minimum absolute atomic E-state index is 0.0697. The lowest BCUT2D eigenvalue weighted by atomic mass is 9.73. The number of ether oxygens (including phenoxy) is 1. The zero-order valence-corrected chi connectivity index (χ0v) is 20.7. The van der Waals surface area contributed by atoms with E-state index in [9.17, 15) is 9.59 Å². The Morgan fingerprint density at radius 2 is 1.79 bits per heavy atom. The van der Waals surface area contributed by atoms with Gasteiger partial charge in [-0.3, -0.25) is 14.2 Å². The van der Waals surface area contributed by atoms with Crippen molar-refractivity contribution in [1.82, 2.24) is 4.57 Å². The van der Waals surface area contributed by atoms with E-state index in [1.54, 1.807) is 11.7 Å². The molecule has 2 aromatic carbocycles. The molecule has 174 valence electrons. The van der Waals surface area contributed by atoms with Gasteiger partial charge in [0.15, 0.2) is 10.6 Å². The molecule has 0 radical (unpaired) electrons. The first-order valence-corrected chi connectivity index (χ1v) is 12.4. The Kier molecular flexibility index (Phi) is 5.64. The van der Waals surface area contributed by atoms with Gasteiger partial charge in [0, 0.05) is 12.0 Å². The standard InChI is InChI=1S/C28H28N2O3S/c1-5-17-6-8-18(9-7-17)14-23-26(32)30-25(19-10-12-20(33-4)13-11-19)24-21(29-27(30)34-23)15-28(2,3)16-22(24)31/h6-14,25H,5,15-16H2,1-4H3. The first kappa shape index (κ1) is 22.5. The maximum atomic E-state index is 13.7. The predicted octanol–water partition coefficient (Wildman–Crippen LogP) is 4.18. The quantitative estimate of drug-likeness (QED) is 0.573. The van der Waals surface area contributed by atoms with E-state index < -0.39 is 6.04 Å². The average molecular weight is 473 g/mol. The van der Waals surface area contributed by atoms with Crippen molar-refractivity contribution in [3.05, 3.63) is 96.2 Å². The minimum Gasteiger partial charge on any atom is -0.497 e. The molecule has 1 aliphatic heterocycles. The highest BCUT2D eigenvalue weighted by atomic mass is 32.1. The van der Waals surface area contributed by atoms with Crippen molar-refractivity contribution in [2.24, 2.45) is 10.4 Å². The summed E-state index contributed by atoms with van der Waals surface area (Å²) in [4.78, 5) is 32.6. The number of methoxy groups -OCH3 is 1. The van der Waals surface area contributed by atoms with Gasteiger partial charge in [-0.2, -0.15) is 0 Å². The molecule has 0 saturated carbocycles. The summed E-state index contributed by atoms with van der Waals surface area (Å²) in [6, 6.07) is 15.4. The smallest absolute Gasteiger partial charge is 0.271 e. The van der Waals surface area contributed by atoms with Crippen LogP contribution in [-0.2, 0) is 11.2 Å². The van der Waals surface area contributed by atoms with Crippen molar-refractivity contribution in [2.45, 2.75) is 46.1 Å². The van der Waals surface area contributed by atoms with E-state index in [-0.39, 0.29) is 16.8 Å². The van der Waals surface area contributed by atoms with E-state index in [2.05, 4.69) is 32.9 Å². The molecule has 5 nitrogen and oxygen atoms in total. The summed E-state index contributed by atoms with van der Waals surface area (Å²) in [6.07, 6.45) is 4.05. The topological polar surface area (TPSA) is 60.7 Å². The highest BCUT2D eigenvalue weighted by Crippen LogP contribution is 2.43. The van der Waals surface area contributed by atoms with Crippen LogP contribution in [-0.4, -0.2) is 17.5 Å². The van der Waals surface area contributed by atoms with E-state index in [4.69, 9.17) is 9.73 Å². The monoisotopic (exact) mass is 472 g/mol. The lowest BCUT2D eigenvalue weighted by Gasteiger charge is -2.35. The summed E-state index contributed by atoms with van der Waals surface area (Å²) in [5.41, 5.74) is 4.30. The van der Waals surface area contributed by atoms with Crippen LogP contribution in [0.2, 0.25) is 0 Å². The van der Waals surface area contributed by atoms with Gasteiger partial charge < -0.3 is 4.74 Å². The second-order valence-corrected chi connectivity index (χ2v) is 10.8. The number of Topliss-reactive ketones (excluding diaryl/α,β-unsaturated/α-hetero) is 1. The Balaban J connectivity index is 1.72. The highest BCUT2D eigenvalue weighted by molar-refractivity contribution is 7.07. The molecule has 2 heterocycles. The molecule has 1 aliphatic carbocycles. The van der Waals surface area contributed by atoms with Gasteiger partial charge in [0.25, 0.3) is 5.56 Å². The molecule has 34 heavy (non-hydrogen) atoms. The van der Waals surface area contributed by atoms with Gasteiger partial charge in [0.05, 0.1) is 23.4 Å². The fourth-order valence-electron chi connectivity index (χ4n) is 4.85. The van der Waals surface area contributed by atoms with Gasteiger partial charge in [-0.05, 0) is 53.2 Å². The number of hydrogen-bond acceptors (Lipinski definition) is 5. The Morgan fingerprint density at radius 1 is 1.09 bits per heavy atom. The van der Waals surface area contributed by atoms with Crippen molar-refractivity contribution in [3.63, 3.8) is 0 Å². The van der Waals surface area contributed by atoms with E-state index in [1.807, 2.05) is 42.5 Å². The second-order valence-electron chi connectivity index (χ2n) is 9.75. The number of hydrogen-bond donors (Lipinski definition) is 0. The second kappa shape index (κ2) is 8.51. The number of fused-ring (bicyclic) bond motifs is 1. The molecule has 0 amide bonds. The molecule has 0 spiro atoms. The van der Waals surface area contributed by atoms with E-state index in [0.717, 1.165) is 29.0 Å². The number of benzene rings is 2. The van der Waals surface area contributed by atoms with Gasteiger partial charge in [0.2, 0.25) is 0 Å². The first-order valence-electron chi connectivity index (χ1n) is 11.6. The summed E-state index contributed by atoms with van der Waals surface area (Å²) < 4.78 is 7.64. The van der Waals surface area contributed by atoms with Crippen LogP contribution < -0.4 is 19.6 Å². The number of allylic oxidation sites excluding steroid dienone is 2. The largest absolute Gasteiger partial charge is 0.497 e. The molecular weight excluding hydrogens is 444 g/mol. The predicted molar refractivity (Wildman–Crippen MR) is 135 cm³/mol. The average Bonchev–Trinajstić information content (AvgIpc) is 3.12. The Hall–Kier alpha value is -3.25. The lowest BCUT2D eigenvalue weighted by molar-refractivity contribution is -0.118. The third kappa shape index (κ3) is 3.96. The van der Waals surface area contributed by atoms with Crippen molar-refractivity contribution in [1.29, 1.82) is 0 Å². The van der Waals surface area contributed by atoms with Crippen molar-refractivity contribution < 1.29 is 9.53 Å². The van der Waals surface area contributed by atoms with Crippen LogP contribution in [0.5, 0.6) is 5.75 Å². The van der Waals surface area contributed by atoms with Crippen molar-refractivity contribution in [2.75, 3.05) is 7.11 Å². The van der Waals surface area contributed by atoms with Crippen molar-refractivity contribution in [3.8, 4) is 5.75 Å². The van der Waals surface area contributed by atoms with Gasteiger partial charge in [-0.15, -0.1) is 0 Å². The summed E-state index contributed by atoms with van der Waals surface area (Å²) >= 11 is 1.39. The molecule has 1 atom stereocenters. The third-order valence-corrected chi connectivity index (χ3v) is 7.60. The number of thiazole rings is 1. The Morgan fingerprint density at radius 3 is 2.44 bits per heavy atom. The normalized spacial score (nSPS) is 19.5. The number of carbonyl (C=O) groups is 1. The fraction of sp³-hybridized carbons (Fsp3) is 0.321. The molecule has 2 aliphatic rings. The van der Waals surface area contributed by atoms with Crippen LogP contribution in [0, 0.1) is 5.41 Å². The molecule has 3 aromatic rings. The summed E-state index contributed by atoms with van der Waals surface area (Å²) in [7, 11) is 1.62. The van der Waals surface area contributed by atoms with E-state index >= 15 is 0 Å². The molecule has 1 unspecified atom stereocenters. The van der Waals surface area contributed by atoms with Crippen LogP contribution >= 0.6 is 11.3 Å². The van der Waals surface area contributed by atoms with E-state index in [0.29, 0.717) is 27.7 Å². The first-order chi connectivity index (χ1) is 16.3. The van der Waals surface area contributed by atoms with Crippen molar-refractivity contribution >= 4 is 23.2 Å². The highest BCUT2D eigenvalue weighted by Gasteiger charge is 2.40. The molecule has 6 heteroatoms. The molecule has 0 saturated heterocycles. The summed E-state index contributed by atoms with van der Waals surface area (Å²) in [6.45, 7) is 6.32. The SMILES string of the molecule is CCc1ccc(C=c2sc3n(c2=O)C(c2ccc(OC)cc2)C2=C(CC(C)(C)CC2=O)N=3)cc1. The number of aromatic nitrogens is 1. The van der Waals surface area contributed by atoms with Gasteiger partial charge >= 0.3 is 0 Å². The number of aryl methyl sites for hydroxylation is 1. The van der Waals surface area contributed by atoms with Gasteiger partial charge in [0.1, 0.15) is 5.75 Å². The number of nitrogens with zero attached hydrogens (tertiary/aromatic N) is 2. The zero-order chi connectivity index (χ0) is 24.0. The lowest BCUT2D eigenvalue weighted by Crippen LogP contribution is -2.42. The molecule has 1 aromatic heterocycles. The fourth-order valence-corrected chi connectivity index (χ4v) is 5.87. The number of rotatable bonds is 4. The van der Waals surface area contributed by atoms with Crippen LogP contribution in [0.15, 0.2) is 69.6 Å². The maximum Gasteiger partial charge on any atom is 0.271 e. The molecule has 0 fully saturated rings.